The minimum atomic E-state index is -0.444. The highest BCUT2D eigenvalue weighted by Gasteiger charge is 2.09. The molecule has 1 aromatic rings. The van der Waals surface area contributed by atoms with E-state index < -0.39 is 5.69 Å². The van der Waals surface area contributed by atoms with Gasteiger partial charge in [-0.2, -0.15) is 0 Å². The number of fused-ring (bicyclic) bond motifs is 1. The molecule has 0 saturated carbocycles. The van der Waals surface area contributed by atoms with Crippen molar-refractivity contribution < 1.29 is 0 Å². The maximum atomic E-state index is 11.0. The van der Waals surface area contributed by atoms with Crippen LogP contribution in [0.3, 0.4) is 0 Å². The molecule has 0 aromatic carbocycles. The van der Waals surface area contributed by atoms with E-state index in [2.05, 4.69) is 9.97 Å². The van der Waals surface area contributed by atoms with Gasteiger partial charge >= 0.3 is 5.69 Å². The minimum absolute atomic E-state index is 0.284. The molecule has 11 heavy (non-hydrogen) atoms. The van der Waals surface area contributed by atoms with Gasteiger partial charge < -0.3 is 4.98 Å². The molecular weight excluding hydrogens is 144 g/mol. The van der Waals surface area contributed by atoms with Crippen LogP contribution >= 0.6 is 0 Å². The zero-order chi connectivity index (χ0) is 7.84. The van der Waals surface area contributed by atoms with Crippen LogP contribution in [0.2, 0.25) is 0 Å². The van der Waals surface area contributed by atoms with E-state index in [0.29, 0.717) is 17.7 Å². The van der Waals surface area contributed by atoms with Gasteiger partial charge in [0.1, 0.15) is 0 Å². The first-order chi connectivity index (χ1) is 5.27. The molecular formula is C7H6N2O2. The number of hydrogen-bond donors (Lipinski definition) is 2. The fraction of sp³-hybridized carbons (Fsp3) is 0.143. The monoisotopic (exact) mass is 150 g/mol. The van der Waals surface area contributed by atoms with Crippen LogP contribution in [0.1, 0.15) is 11.3 Å². The van der Waals surface area contributed by atoms with Crippen molar-refractivity contribution in [1.29, 1.82) is 0 Å². The number of H-pyrrole nitrogens is 2. The molecule has 4 nitrogen and oxygen atoms in total. The Morgan fingerprint density at radius 3 is 2.91 bits per heavy atom. The van der Waals surface area contributed by atoms with Crippen LogP contribution in [-0.2, 0) is 6.42 Å². The quantitative estimate of drug-likeness (QED) is 0.530. The number of nitrogens with one attached hydrogen (secondary N) is 2. The Labute approximate surface area is 61.6 Å². The average molecular weight is 150 g/mol. The van der Waals surface area contributed by atoms with Gasteiger partial charge in [-0.3, -0.25) is 9.78 Å². The second-order valence-electron chi connectivity index (χ2n) is 2.41. The van der Waals surface area contributed by atoms with Crippen molar-refractivity contribution >= 4 is 6.08 Å². The molecule has 0 atom stereocenters. The van der Waals surface area contributed by atoms with Gasteiger partial charge in [-0.05, 0) is 12.5 Å². The summed E-state index contributed by atoms with van der Waals surface area (Å²) in [6.07, 6.45) is 4.20. The van der Waals surface area contributed by atoms with Crippen LogP contribution in [0.25, 0.3) is 6.08 Å². The van der Waals surface area contributed by atoms with Gasteiger partial charge in [-0.1, -0.05) is 6.08 Å². The summed E-state index contributed by atoms with van der Waals surface area (Å²) < 4.78 is 0. The lowest BCUT2D eigenvalue weighted by atomic mass is 10.2. The van der Waals surface area contributed by atoms with Gasteiger partial charge in [-0.25, -0.2) is 4.79 Å². The molecule has 0 aliphatic heterocycles. The Morgan fingerprint density at radius 1 is 1.27 bits per heavy atom. The normalized spacial score (nSPS) is 13.5. The lowest BCUT2D eigenvalue weighted by Gasteiger charge is -1.93. The standard InChI is InChI=1S/C7H6N2O2/c10-6-4-2-1-3-5(4)8-7(11)9-6/h1,3H,2H2,(H2,8,9,10,11). The van der Waals surface area contributed by atoms with Crippen LogP contribution in [0, 0.1) is 0 Å². The van der Waals surface area contributed by atoms with Crippen molar-refractivity contribution in [3.8, 4) is 0 Å². The Hall–Kier alpha value is -1.58. The molecule has 2 N–H and O–H groups in total. The Balaban J connectivity index is 2.87. The van der Waals surface area contributed by atoms with E-state index in [0.717, 1.165) is 0 Å². The molecule has 1 aromatic heterocycles. The van der Waals surface area contributed by atoms with E-state index in [1.807, 2.05) is 6.08 Å². The maximum Gasteiger partial charge on any atom is 0.326 e. The van der Waals surface area contributed by atoms with Gasteiger partial charge in [0.15, 0.2) is 0 Å². The second kappa shape index (κ2) is 1.95. The topological polar surface area (TPSA) is 65.7 Å². The van der Waals surface area contributed by atoms with Gasteiger partial charge in [0.2, 0.25) is 0 Å². The van der Waals surface area contributed by atoms with E-state index in [9.17, 15) is 9.59 Å². The third-order valence-corrected chi connectivity index (χ3v) is 1.68. The first-order valence-corrected chi connectivity index (χ1v) is 3.29. The molecule has 0 saturated heterocycles. The molecule has 4 heteroatoms. The van der Waals surface area contributed by atoms with E-state index in [1.54, 1.807) is 6.08 Å². The van der Waals surface area contributed by atoms with Crippen molar-refractivity contribution in [2.45, 2.75) is 6.42 Å². The number of hydrogen-bond acceptors (Lipinski definition) is 2. The SMILES string of the molecule is O=c1[nH]c2c(c(=O)[nH]1)CC=C2. The van der Waals surface area contributed by atoms with Crippen molar-refractivity contribution in [3.63, 3.8) is 0 Å². The van der Waals surface area contributed by atoms with Crippen molar-refractivity contribution in [2.24, 2.45) is 0 Å². The molecule has 0 fully saturated rings. The first-order valence-electron chi connectivity index (χ1n) is 3.29. The highest BCUT2D eigenvalue weighted by Crippen LogP contribution is 2.09. The molecule has 0 amide bonds. The van der Waals surface area contributed by atoms with Crippen LogP contribution in [0.5, 0.6) is 0 Å². The summed E-state index contributed by atoms with van der Waals surface area (Å²) >= 11 is 0. The Bertz CT molecular complexity index is 425. The fourth-order valence-corrected chi connectivity index (χ4v) is 1.17. The van der Waals surface area contributed by atoms with E-state index in [-0.39, 0.29) is 5.56 Å². The Kier molecular flexibility index (Phi) is 1.09. The maximum absolute atomic E-state index is 11.0. The number of allylic oxidation sites excluding steroid dienone is 1. The number of rotatable bonds is 0. The molecule has 0 bridgehead atoms. The van der Waals surface area contributed by atoms with Gasteiger partial charge in [-0.15, -0.1) is 0 Å². The van der Waals surface area contributed by atoms with Gasteiger partial charge in [0, 0.05) is 5.56 Å². The lowest BCUT2D eigenvalue weighted by Crippen LogP contribution is -2.25. The van der Waals surface area contributed by atoms with Crippen LogP contribution in [-0.4, -0.2) is 9.97 Å². The molecule has 0 unspecified atom stereocenters. The third-order valence-electron chi connectivity index (χ3n) is 1.68. The third kappa shape index (κ3) is 0.832. The van der Waals surface area contributed by atoms with E-state index >= 15 is 0 Å². The minimum Gasteiger partial charge on any atom is -0.307 e. The Morgan fingerprint density at radius 2 is 2.09 bits per heavy atom. The molecule has 2 rings (SSSR count). The van der Waals surface area contributed by atoms with E-state index in [4.69, 9.17) is 0 Å². The van der Waals surface area contributed by atoms with Crippen LogP contribution in [0.15, 0.2) is 15.7 Å². The van der Waals surface area contributed by atoms with Crippen LogP contribution < -0.4 is 11.2 Å². The molecule has 0 spiro atoms. The summed E-state index contributed by atoms with van der Waals surface area (Å²) in [5.74, 6) is 0. The van der Waals surface area contributed by atoms with Crippen molar-refractivity contribution in [3.05, 3.63) is 38.2 Å². The summed E-state index contributed by atoms with van der Waals surface area (Å²) in [6.45, 7) is 0. The predicted octanol–water partition coefficient (Wildman–Crippen LogP) is -0.368. The molecule has 1 heterocycles. The molecule has 56 valence electrons. The second-order valence-corrected chi connectivity index (χ2v) is 2.41. The largest absolute Gasteiger partial charge is 0.326 e. The van der Waals surface area contributed by atoms with E-state index in [1.165, 1.54) is 0 Å². The number of aromatic nitrogens is 2. The first kappa shape index (κ1) is 6.15. The summed E-state index contributed by atoms with van der Waals surface area (Å²) in [5, 5.41) is 0. The van der Waals surface area contributed by atoms with Gasteiger partial charge in [0.05, 0.1) is 5.69 Å². The van der Waals surface area contributed by atoms with Crippen molar-refractivity contribution in [1.82, 2.24) is 9.97 Å². The zero-order valence-electron chi connectivity index (χ0n) is 5.68. The zero-order valence-corrected chi connectivity index (χ0v) is 5.68. The summed E-state index contributed by atoms with van der Waals surface area (Å²) in [5.41, 5.74) is 0.553. The molecule has 1 aliphatic carbocycles. The predicted molar refractivity (Wildman–Crippen MR) is 40.4 cm³/mol. The van der Waals surface area contributed by atoms with Crippen molar-refractivity contribution in [2.75, 3.05) is 0 Å². The summed E-state index contributed by atoms with van der Waals surface area (Å²) in [7, 11) is 0. The molecule has 1 aliphatic rings. The number of aromatic amines is 2. The summed E-state index contributed by atoms with van der Waals surface area (Å²) in [4.78, 5) is 26.4. The highest BCUT2D eigenvalue weighted by atomic mass is 16.2. The fourth-order valence-electron chi connectivity index (χ4n) is 1.17. The highest BCUT2D eigenvalue weighted by molar-refractivity contribution is 5.54. The lowest BCUT2D eigenvalue weighted by molar-refractivity contribution is 0.987. The van der Waals surface area contributed by atoms with Gasteiger partial charge in [0.25, 0.3) is 5.56 Å². The molecule has 0 radical (unpaired) electrons. The summed E-state index contributed by atoms with van der Waals surface area (Å²) in [6, 6.07) is 0. The van der Waals surface area contributed by atoms with Crippen LogP contribution in [0.4, 0.5) is 0 Å². The smallest absolute Gasteiger partial charge is 0.307 e. The average Bonchev–Trinajstić information content (AvgIpc) is 2.34.